The van der Waals surface area contributed by atoms with Crippen LogP contribution in [-0.4, -0.2) is 49.3 Å². The summed E-state index contributed by atoms with van der Waals surface area (Å²) in [5.41, 5.74) is 5.02. The number of nitrogens with two attached hydrogens (primary N) is 2. The quantitative estimate of drug-likeness (QED) is 0.165. The summed E-state index contributed by atoms with van der Waals surface area (Å²) in [5.74, 6) is -1.59. The van der Waals surface area contributed by atoms with E-state index in [1.54, 1.807) is 0 Å². The number of aromatic nitrogens is 2. The van der Waals surface area contributed by atoms with Gasteiger partial charge in [0.1, 0.15) is 5.82 Å². The first-order valence-electron chi connectivity index (χ1n) is 7.98. The highest BCUT2D eigenvalue weighted by Crippen LogP contribution is 2.27. The molecule has 0 aliphatic heterocycles. The van der Waals surface area contributed by atoms with Gasteiger partial charge in [0.05, 0.1) is 17.8 Å². The summed E-state index contributed by atoms with van der Waals surface area (Å²) in [4.78, 5) is 15.4. The van der Waals surface area contributed by atoms with Gasteiger partial charge in [0.2, 0.25) is 5.91 Å². The number of nitrogens with zero attached hydrogens (tertiary/aromatic N) is 3. The number of halogens is 3. The number of carbonyl (C=O) groups excluding carboxylic acids is 1. The third kappa shape index (κ3) is 7.29. The lowest BCUT2D eigenvalue weighted by Gasteiger charge is -2.05. The van der Waals surface area contributed by atoms with Gasteiger partial charge in [-0.3, -0.25) is 4.79 Å². The molecule has 0 aliphatic rings. The van der Waals surface area contributed by atoms with Crippen molar-refractivity contribution in [2.45, 2.75) is 11.5 Å². The van der Waals surface area contributed by atoms with Crippen molar-refractivity contribution in [3.63, 3.8) is 0 Å². The van der Waals surface area contributed by atoms with Crippen molar-refractivity contribution < 1.29 is 31.0 Å². The standard InChI is InChI=1S/C14H16F3N7O4S2/c15-9-2-1-7(5-8(9)12(16)17)22-13(18)11-14(24-28-23-11)29-4-3-20-10(25)6-21-30(19,26)27/h1-2,5,12,21H,3-4,6H2,(H2,18,22)(H,20,25)(H2,19,26,27). The molecule has 0 saturated heterocycles. The van der Waals surface area contributed by atoms with Gasteiger partial charge >= 0.3 is 0 Å². The van der Waals surface area contributed by atoms with Crippen LogP contribution in [0.25, 0.3) is 0 Å². The van der Waals surface area contributed by atoms with Crippen molar-refractivity contribution in [1.82, 2.24) is 20.4 Å². The number of rotatable bonds is 10. The number of carbonyl (C=O) groups is 1. The van der Waals surface area contributed by atoms with Gasteiger partial charge in [0, 0.05) is 12.3 Å². The molecule has 30 heavy (non-hydrogen) atoms. The molecule has 0 aliphatic carbocycles. The second kappa shape index (κ2) is 10.4. The van der Waals surface area contributed by atoms with Crippen molar-refractivity contribution in [2.24, 2.45) is 15.9 Å². The summed E-state index contributed by atoms with van der Waals surface area (Å²) in [7, 11) is -3.97. The number of thioether (sulfide) groups is 1. The summed E-state index contributed by atoms with van der Waals surface area (Å²) in [6.07, 6.45) is -3.02. The maximum absolute atomic E-state index is 13.4. The minimum atomic E-state index is -3.97. The molecule has 0 fully saturated rings. The summed E-state index contributed by atoms with van der Waals surface area (Å²) in [5, 5.41) is 14.6. The van der Waals surface area contributed by atoms with Crippen molar-refractivity contribution in [3.05, 3.63) is 35.3 Å². The van der Waals surface area contributed by atoms with Gasteiger partial charge in [-0.25, -0.2) is 27.9 Å². The molecule has 164 valence electrons. The molecule has 2 aromatic rings. The number of nitrogens with one attached hydrogen (secondary N) is 2. The van der Waals surface area contributed by atoms with Gasteiger partial charge < -0.3 is 11.1 Å². The molecule has 0 saturated carbocycles. The summed E-state index contributed by atoms with van der Waals surface area (Å²) in [6.45, 7) is -0.382. The summed E-state index contributed by atoms with van der Waals surface area (Å²) in [6, 6.07) is 2.87. The topological polar surface area (TPSA) is 179 Å². The predicted octanol–water partition coefficient (Wildman–Crippen LogP) is 0.185. The highest BCUT2D eigenvalue weighted by molar-refractivity contribution is 7.99. The zero-order valence-corrected chi connectivity index (χ0v) is 16.6. The molecule has 1 heterocycles. The fraction of sp³-hybridized carbons (Fsp3) is 0.286. The van der Waals surface area contributed by atoms with Crippen molar-refractivity contribution in [1.29, 1.82) is 0 Å². The first kappa shape index (κ1) is 23.6. The van der Waals surface area contributed by atoms with Gasteiger partial charge in [-0.1, -0.05) is 11.8 Å². The van der Waals surface area contributed by atoms with E-state index in [9.17, 15) is 26.4 Å². The van der Waals surface area contributed by atoms with Crippen LogP contribution in [0.1, 0.15) is 17.7 Å². The van der Waals surface area contributed by atoms with Crippen LogP contribution < -0.4 is 20.9 Å². The molecular formula is C14H16F3N7O4S2. The summed E-state index contributed by atoms with van der Waals surface area (Å²) >= 11 is 1.08. The fourth-order valence-electron chi connectivity index (χ4n) is 1.96. The Bertz CT molecular complexity index is 1030. The average Bonchev–Trinajstić information content (AvgIpc) is 3.13. The largest absolute Gasteiger partial charge is 0.382 e. The molecule has 16 heteroatoms. The predicted molar refractivity (Wildman–Crippen MR) is 101 cm³/mol. The first-order valence-corrected chi connectivity index (χ1v) is 10.5. The van der Waals surface area contributed by atoms with E-state index in [1.807, 2.05) is 4.72 Å². The zero-order chi connectivity index (χ0) is 22.3. The molecule has 0 unspecified atom stereocenters. The molecule has 1 aromatic carbocycles. The Morgan fingerprint density at radius 1 is 1.33 bits per heavy atom. The highest BCUT2D eigenvalue weighted by atomic mass is 32.2. The van der Waals surface area contributed by atoms with E-state index in [0.717, 1.165) is 23.9 Å². The third-order valence-electron chi connectivity index (χ3n) is 3.26. The molecule has 1 amide bonds. The zero-order valence-electron chi connectivity index (χ0n) is 15.0. The first-order chi connectivity index (χ1) is 14.1. The van der Waals surface area contributed by atoms with Crippen LogP contribution in [0, 0.1) is 5.82 Å². The summed E-state index contributed by atoms with van der Waals surface area (Å²) < 4.78 is 66.8. The highest BCUT2D eigenvalue weighted by Gasteiger charge is 2.17. The second-order valence-electron chi connectivity index (χ2n) is 5.49. The Balaban J connectivity index is 1.96. The van der Waals surface area contributed by atoms with Gasteiger partial charge in [-0.15, -0.1) is 0 Å². The number of hydrogen-bond donors (Lipinski definition) is 4. The lowest BCUT2D eigenvalue weighted by atomic mass is 10.2. The van der Waals surface area contributed by atoms with Gasteiger partial charge in [-0.05, 0) is 28.5 Å². The molecule has 0 bridgehead atoms. The molecule has 11 nitrogen and oxygen atoms in total. The molecular weight excluding hydrogens is 451 g/mol. The lowest BCUT2D eigenvalue weighted by Crippen LogP contribution is -2.40. The van der Waals surface area contributed by atoms with E-state index in [1.165, 1.54) is 6.07 Å². The average molecular weight is 467 g/mol. The SMILES string of the molecule is NC(=Nc1ccc(F)c(C(F)F)c1)c1nonc1SCCNC(=O)CNS(N)(=O)=O. The van der Waals surface area contributed by atoms with E-state index < -0.39 is 40.5 Å². The minimum Gasteiger partial charge on any atom is -0.382 e. The number of hydrogen-bond acceptors (Lipinski definition) is 8. The van der Waals surface area contributed by atoms with E-state index in [0.29, 0.717) is 0 Å². The van der Waals surface area contributed by atoms with Crippen LogP contribution >= 0.6 is 11.8 Å². The Kier molecular flexibility index (Phi) is 8.16. The second-order valence-corrected chi connectivity index (χ2v) is 7.95. The molecule has 6 N–H and O–H groups in total. The van der Waals surface area contributed by atoms with Crippen LogP contribution in [-0.2, 0) is 15.0 Å². The Morgan fingerprint density at radius 2 is 2.07 bits per heavy atom. The van der Waals surface area contributed by atoms with Crippen LogP contribution in [0.4, 0.5) is 18.9 Å². The fourth-order valence-corrected chi connectivity index (χ4v) is 3.05. The normalized spacial score (nSPS) is 12.4. The molecule has 0 spiro atoms. The maximum atomic E-state index is 13.4. The molecule has 0 radical (unpaired) electrons. The molecule has 1 aromatic heterocycles. The van der Waals surface area contributed by atoms with Crippen LogP contribution in [0.5, 0.6) is 0 Å². The number of alkyl halides is 2. The number of amidine groups is 1. The maximum Gasteiger partial charge on any atom is 0.274 e. The monoisotopic (exact) mass is 467 g/mol. The molecule has 2 rings (SSSR count). The van der Waals surface area contributed by atoms with Gasteiger partial charge in [0.15, 0.2) is 16.6 Å². The van der Waals surface area contributed by atoms with Crippen LogP contribution in [0.2, 0.25) is 0 Å². The van der Waals surface area contributed by atoms with Crippen LogP contribution in [0.3, 0.4) is 0 Å². The lowest BCUT2D eigenvalue weighted by molar-refractivity contribution is -0.119. The van der Waals surface area contributed by atoms with Crippen LogP contribution in [0.15, 0.2) is 32.8 Å². The Morgan fingerprint density at radius 3 is 2.73 bits per heavy atom. The van der Waals surface area contributed by atoms with E-state index in [-0.39, 0.29) is 34.5 Å². The van der Waals surface area contributed by atoms with Gasteiger partial charge in [-0.2, -0.15) is 13.1 Å². The number of benzene rings is 1. The van der Waals surface area contributed by atoms with Gasteiger partial charge in [0.25, 0.3) is 16.6 Å². The van der Waals surface area contributed by atoms with Crippen molar-refractivity contribution in [3.8, 4) is 0 Å². The van der Waals surface area contributed by atoms with Crippen molar-refractivity contribution >= 4 is 39.4 Å². The third-order valence-corrected chi connectivity index (χ3v) is 4.76. The van der Waals surface area contributed by atoms with E-state index in [4.69, 9.17) is 10.9 Å². The van der Waals surface area contributed by atoms with E-state index in [2.05, 4.69) is 25.3 Å². The molecule has 0 atom stereocenters. The van der Waals surface area contributed by atoms with Crippen molar-refractivity contribution in [2.75, 3.05) is 18.8 Å². The Hall–Kier alpha value is -2.69. The van der Waals surface area contributed by atoms with E-state index >= 15 is 0 Å². The number of amides is 1. The number of aliphatic imine (C=N–C) groups is 1. The minimum absolute atomic E-state index is 0.0160. The smallest absolute Gasteiger partial charge is 0.274 e. The Labute approximate surface area is 172 Å².